The molecule has 18 heavy (non-hydrogen) atoms. The van der Waals surface area contributed by atoms with Gasteiger partial charge in [-0.1, -0.05) is 13.2 Å². The van der Waals surface area contributed by atoms with E-state index in [1.54, 1.807) is 0 Å². The van der Waals surface area contributed by atoms with E-state index in [0.717, 1.165) is 16.8 Å². The minimum atomic E-state index is -4.59. The fourth-order valence-electron chi connectivity index (χ4n) is 1.26. The van der Waals surface area contributed by atoms with Crippen LogP contribution in [0, 0.1) is 0 Å². The number of aromatic carboxylic acids is 1. The Morgan fingerprint density at radius 2 is 2.11 bits per heavy atom. The van der Waals surface area contributed by atoms with Crippen LogP contribution < -0.4 is 0 Å². The zero-order valence-corrected chi connectivity index (χ0v) is 11.2. The summed E-state index contributed by atoms with van der Waals surface area (Å²) in [6.07, 6.45) is 1.10. The summed E-state index contributed by atoms with van der Waals surface area (Å²) in [7, 11) is 0. The molecule has 0 aliphatic heterocycles. The molecule has 0 aromatic carbocycles. The van der Waals surface area contributed by atoms with E-state index in [4.69, 9.17) is 5.11 Å². The van der Waals surface area contributed by atoms with Crippen molar-refractivity contribution < 1.29 is 23.1 Å². The number of alkyl halides is 3. The van der Waals surface area contributed by atoms with Gasteiger partial charge < -0.3 is 9.67 Å². The molecule has 1 aromatic heterocycles. The van der Waals surface area contributed by atoms with Crippen molar-refractivity contribution in [2.45, 2.75) is 10.5 Å². The first-order chi connectivity index (χ1) is 8.17. The molecule has 3 nitrogen and oxygen atoms in total. The number of carboxylic acid groups (broad SMARTS) is 1. The maximum atomic E-state index is 12.4. The largest absolute Gasteiger partial charge is 0.478 e. The van der Waals surface area contributed by atoms with Crippen LogP contribution in [-0.2, 0) is 0 Å². The fourth-order valence-corrected chi connectivity index (χ4v) is 2.32. The van der Waals surface area contributed by atoms with Crippen molar-refractivity contribution in [3.8, 4) is 0 Å². The van der Waals surface area contributed by atoms with Crippen LogP contribution >= 0.6 is 27.7 Å². The van der Waals surface area contributed by atoms with Crippen molar-refractivity contribution in [2.24, 2.45) is 0 Å². The summed E-state index contributed by atoms with van der Waals surface area (Å²) in [5.74, 6) is -1.45. The summed E-state index contributed by atoms with van der Waals surface area (Å²) in [5, 5.41) is 8.45. The summed E-state index contributed by atoms with van der Waals surface area (Å²) >= 11 is 2.50. The molecular weight excluding hydrogens is 335 g/mol. The van der Waals surface area contributed by atoms with Crippen LogP contribution in [0.2, 0.25) is 0 Å². The molecule has 1 rings (SSSR count). The predicted octanol–water partition coefficient (Wildman–Crippen LogP) is 4.26. The average Bonchev–Trinajstić information content (AvgIpc) is 2.53. The third kappa shape index (κ3) is 3.20. The highest BCUT2D eigenvalue weighted by atomic mass is 79.9. The maximum absolute atomic E-state index is 12.4. The summed E-state index contributed by atoms with van der Waals surface area (Å²) in [5.41, 5.74) is -4.84. The second kappa shape index (κ2) is 5.23. The minimum absolute atomic E-state index is 0.203. The van der Waals surface area contributed by atoms with E-state index < -0.39 is 33.8 Å². The highest BCUT2D eigenvalue weighted by molar-refractivity contribution is 9.15. The molecule has 1 aromatic rings. The molecule has 0 aliphatic carbocycles. The highest BCUT2D eigenvalue weighted by Gasteiger charge is 2.34. The van der Waals surface area contributed by atoms with Gasteiger partial charge in [0.2, 0.25) is 0 Å². The third-order valence-electron chi connectivity index (χ3n) is 1.89. The molecule has 0 fully saturated rings. The fraction of sp³-hybridized carbons (Fsp3) is 0.100. The lowest BCUT2D eigenvalue weighted by molar-refractivity contribution is -0.0330. The molecule has 1 heterocycles. The summed E-state index contributed by atoms with van der Waals surface area (Å²) < 4.78 is 38.5. The van der Waals surface area contributed by atoms with Crippen LogP contribution in [0.4, 0.5) is 13.2 Å². The number of thioether (sulfide) groups is 1. The van der Waals surface area contributed by atoms with Crippen molar-refractivity contribution in [1.29, 1.82) is 0 Å². The molecule has 0 aliphatic rings. The van der Waals surface area contributed by atoms with Gasteiger partial charge >= 0.3 is 11.5 Å². The van der Waals surface area contributed by atoms with E-state index in [-0.39, 0.29) is 10.2 Å². The minimum Gasteiger partial charge on any atom is -0.478 e. The Morgan fingerprint density at radius 1 is 1.56 bits per heavy atom. The van der Waals surface area contributed by atoms with E-state index in [1.165, 1.54) is 0 Å². The first kappa shape index (κ1) is 14.9. The summed E-state index contributed by atoms with van der Waals surface area (Å²) in [6, 6.07) is 1.11. The number of rotatable bonds is 4. The third-order valence-corrected chi connectivity index (χ3v) is 3.14. The number of hydrogen-bond donors (Lipinski definition) is 1. The SMILES string of the molecule is C=Cn1c(C(=C)Br)cc(C(=O)O)c1SC(F)(F)F. The molecular formula is C10H7BrF3NO2S. The van der Waals surface area contributed by atoms with Crippen molar-refractivity contribution >= 4 is 44.3 Å². The molecule has 0 bridgehead atoms. The van der Waals surface area contributed by atoms with Crippen LogP contribution in [0.15, 0.2) is 24.3 Å². The van der Waals surface area contributed by atoms with Crippen LogP contribution in [0.1, 0.15) is 16.1 Å². The number of halogens is 4. The zero-order valence-electron chi connectivity index (χ0n) is 8.79. The van der Waals surface area contributed by atoms with E-state index in [1.807, 2.05) is 0 Å². The lowest BCUT2D eigenvalue weighted by Gasteiger charge is -2.09. The smallest absolute Gasteiger partial charge is 0.447 e. The zero-order chi connectivity index (χ0) is 14.1. The predicted molar refractivity (Wildman–Crippen MR) is 67.7 cm³/mol. The second-order valence-corrected chi connectivity index (χ2v) is 5.07. The Morgan fingerprint density at radius 3 is 2.44 bits per heavy atom. The van der Waals surface area contributed by atoms with Crippen molar-refractivity contribution in [3.05, 3.63) is 30.5 Å². The molecule has 0 spiro atoms. The molecule has 0 atom stereocenters. The average molecular weight is 342 g/mol. The van der Waals surface area contributed by atoms with Gasteiger partial charge in [0.1, 0.15) is 5.03 Å². The molecule has 0 saturated heterocycles. The molecule has 1 N–H and O–H groups in total. The molecule has 0 radical (unpaired) electrons. The van der Waals surface area contributed by atoms with Crippen LogP contribution in [0.25, 0.3) is 10.7 Å². The van der Waals surface area contributed by atoms with Gasteiger partial charge in [0, 0.05) is 22.4 Å². The Balaban J connectivity index is 3.48. The van der Waals surface area contributed by atoms with Crippen molar-refractivity contribution in [2.75, 3.05) is 0 Å². The van der Waals surface area contributed by atoms with Gasteiger partial charge in [0.15, 0.2) is 0 Å². The monoisotopic (exact) mass is 341 g/mol. The second-order valence-electron chi connectivity index (χ2n) is 3.06. The van der Waals surface area contributed by atoms with Gasteiger partial charge in [-0.2, -0.15) is 13.2 Å². The van der Waals surface area contributed by atoms with E-state index in [0.29, 0.717) is 0 Å². The van der Waals surface area contributed by atoms with Crippen molar-refractivity contribution in [3.63, 3.8) is 0 Å². The summed E-state index contributed by atoms with van der Waals surface area (Å²) in [4.78, 5) is 10.9. The molecule has 8 heteroatoms. The first-order valence-electron chi connectivity index (χ1n) is 4.39. The lowest BCUT2D eigenvalue weighted by Crippen LogP contribution is -2.06. The Kier molecular flexibility index (Phi) is 4.33. The van der Waals surface area contributed by atoms with Gasteiger partial charge in [0.25, 0.3) is 0 Å². The van der Waals surface area contributed by atoms with E-state index >= 15 is 0 Å². The van der Waals surface area contributed by atoms with Crippen molar-refractivity contribution in [1.82, 2.24) is 4.57 Å². The first-order valence-corrected chi connectivity index (χ1v) is 6.00. The lowest BCUT2D eigenvalue weighted by atomic mass is 10.3. The standard InChI is InChI=1S/C10H7BrF3NO2S/c1-3-15-7(5(2)11)4-6(9(16)17)8(15)18-10(12,13)14/h3-4H,1-2H2,(H,16,17). The number of nitrogens with zero attached hydrogens (tertiary/aromatic N) is 1. The number of carboxylic acids is 1. The van der Waals surface area contributed by atoms with Crippen LogP contribution in [-0.4, -0.2) is 21.2 Å². The van der Waals surface area contributed by atoms with Gasteiger partial charge in [-0.15, -0.1) is 0 Å². The quantitative estimate of drug-likeness (QED) is 0.832. The molecule has 0 amide bonds. The molecule has 98 valence electrons. The van der Waals surface area contributed by atoms with Gasteiger partial charge in [-0.05, 0) is 22.0 Å². The van der Waals surface area contributed by atoms with E-state index in [9.17, 15) is 18.0 Å². The molecule has 0 saturated carbocycles. The van der Waals surface area contributed by atoms with Gasteiger partial charge in [-0.3, -0.25) is 0 Å². The molecule has 0 unspecified atom stereocenters. The van der Waals surface area contributed by atoms with Gasteiger partial charge in [0.05, 0.1) is 11.3 Å². The van der Waals surface area contributed by atoms with Crippen LogP contribution in [0.3, 0.4) is 0 Å². The normalized spacial score (nSPS) is 11.3. The number of aromatic nitrogens is 1. The number of carbonyl (C=O) groups is 1. The number of hydrogen-bond acceptors (Lipinski definition) is 2. The summed E-state index contributed by atoms with van der Waals surface area (Å²) in [6.45, 7) is 6.87. The highest BCUT2D eigenvalue weighted by Crippen LogP contribution is 2.41. The van der Waals surface area contributed by atoms with E-state index in [2.05, 4.69) is 29.1 Å². The van der Waals surface area contributed by atoms with Crippen LogP contribution in [0.5, 0.6) is 0 Å². The maximum Gasteiger partial charge on any atom is 0.447 e. The van der Waals surface area contributed by atoms with Gasteiger partial charge in [-0.25, -0.2) is 4.79 Å². The topological polar surface area (TPSA) is 42.2 Å². The Bertz CT molecular complexity index is 522. The Hall–Kier alpha value is -1.15. The Labute approximate surface area is 113 Å².